The first-order valence-electron chi connectivity index (χ1n) is 7.43. The van der Waals surface area contributed by atoms with E-state index in [1.807, 2.05) is 11.9 Å². The molecule has 3 nitrogen and oxygen atoms in total. The molecule has 0 N–H and O–H groups in total. The zero-order valence-electron chi connectivity index (χ0n) is 11.5. The largest absolute Gasteiger partial charge is 0.346 e. The Balaban J connectivity index is 1.72. The minimum atomic E-state index is 0.108. The van der Waals surface area contributed by atoms with Crippen LogP contribution in [0.1, 0.15) is 57.8 Å². The molecule has 0 atom stereocenters. The van der Waals surface area contributed by atoms with E-state index in [-0.39, 0.29) is 11.8 Å². The third-order valence-corrected chi connectivity index (χ3v) is 4.62. The summed E-state index contributed by atoms with van der Waals surface area (Å²) in [6.45, 7) is 0.897. The highest BCUT2D eigenvalue weighted by atomic mass is 16.2. The lowest BCUT2D eigenvalue weighted by molar-refractivity contribution is -0.136. The summed E-state index contributed by atoms with van der Waals surface area (Å²) in [6, 6.07) is 0. The summed E-state index contributed by atoms with van der Waals surface area (Å²) in [5, 5.41) is 0. The molecule has 0 unspecified atom stereocenters. The van der Waals surface area contributed by atoms with E-state index < -0.39 is 0 Å². The van der Waals surface area contributed by atoms with Crippen LogP contribution in [-0.2, 0) is 9.59 Å². The van der Waals surface area contributed by atoms with Gasteiger partial charge < -0.3 is 4.90 Å². The SMILES string of the molecule is CN(CCC1CCCC1)C(=O)C1CCC(=O)CC1. The van der Waals surface area contributed by atoms with Crippen LogP contribution in [0.4, 0.5) is 0 Å². The van der Waals surface area contributed by atoms with Crippen LogP contribution >= 0.6 is 0 Å². The van der Waals surface area contributed by atoms with Crippen molar-refractivity contribution >= 4 is 11.7 Å². The number of ketones is 1. The minimum Gasteiger partial charge on any atom is -0.346 e. The third-order valence-electron chi connectivity index (χ3n) is 4.62. The third kappa shape index (κ3) is 3.56. The van der Waals surface area contributed by atoms with Crippen LogP contribution in [0.5, 0.6) is 0 Å². The van der Waals surface area contributed by atoms with Crippen molar-refractivity contribution in [3.05, 3.63) is 0 Å². The number of amides is 1. The molecule has 18 heavy (non-hydrogen) atoms. The van der Waals surface area contributed by atoms with Crippen molar-refractivity contribution in [2.24, 2.45) is 11.8 Å². The summed E-state index contributed by atoms with van der Waals surface area (Å²) in [5.74, 6) is 1.54. The van der Waals surface area contributed by atoms with Gasteiger partial charge in [0, 0.05) is 32.4 Å². The Kier molecular flexibility index (Phi) is 4.79. The molecule has 0 bridgehead atoms. The molecule has 102 valence electrons. The Morgan fingerprint density at radius 2 is 1.78 bits per heavy atom. The van der Waals surface area contributed by atoms with Gasteiger partial charge in [-0.2, -0.15) is 0 Å². The van der Waals surface area contributed by atoms with Crippen LogP contribution in [0.15, 0.2) is 0 Å². The average Bonchev–Trinajstić information content (AvgIpc) is 2.89. The van der Waals surface area contributed by atoms with Crippen LogP contribution in [0.25, 0.3) is 0 Å². The minimum absolute atomic E-state index is 0.108. The smallest absolute Gasteiger partial charge is 0.225 e. The Bertz CT molecular complexity index is 298. The van der Waals surface area contributed by atoms with E-state index in [2.05, 4.69) is 0 Å². The van der Waals surface area contributed by atoms with Crippen LogP contribution in [0, 0.1) is 11.8 Å². The highest BCUT2D eigenvalue weighted by Crippen LogP contribution is 2.28. The number of Topliss-reactive ketones (excluding diaryl/α,β-unsaturated/α-hetero) is 1. The molecule has 1 amide bonds. The molecule has 0 radical (unpaired) electrons. The fraction of sp³-hybridized carbons (Fsp3) is 0.867. The zero-order chi connectivity index (χ0) is 13.0. The van der Waals surface area contributed by atoms with Gasteiger partial charge in [0.15, 0.2) is 0 Å². The van der Waals surface area contributed by atoms with Crippen molar-refractivity contribution in [3.8, 4) is 0 Å². The molecule has 0 heterocycles. The Morgan fingerprint density at radius 3 is 2.39 bits per heavy atom. The maximum atomic E-state index is 12.2. The van der Waals surface area contributed by atoms with Crippen molar-refractivity contribution in [3.63, 3.8) is 0 Å². The van der Waals surface area contributed by atoms with Crippen molar-refractivity contribution in [1.29, 1.82) is 0 Å². The molecule has 2 aliphatic rings. The van der Waals surface area contributed by atoms with E-state index in [0.29, 0.717) is 18.6 Å². The van der Waals surface area contributed by atoms with Crippen molar-refractivity contribution in [2.45, 2.75) is 57.8 Å². The standard InChI is InChI=1S/C15H25NO2/c1-16(11-10-12-4-2-3-5-12)15(18)13-6-8-14(17)9-7-13/h12-13H,2-11H2,1H3. The predicted molar refractivity (Wildman–Crippen MR) is 71.2 cm³/mol. The molecule has 3 heteroatoms. The summed E-state index contributed by atoms with van der Waals surface area (Å²) in [5.41, 5.74) is 0. The topological polar surface area (TPSA) is 37.4 Å². The van der Waals surface area contributed by atoms with Crippen molar-refractivity contribution < 1.29 is 9.59 Å². The lowest BCUT2D eigenvalue weighted by atomic mass is 9.87. The van der Waals surface area contributed by atoms with Gasteiger partial charge in [-0.3, -0.25) is 9.59 Å². The Labute approximate surface area is 110 Å². The van der Waals surface area contributed by atoms with Crippen LogP contribution in [0.2, 0.25) is 0 Å². The van der Waals surface area contributed by atoms with E-state index >= 15 is 0 Å². The van der Waals surface area contributed by atoms with Gasteiger partial charge in [0.1, 0.15) is 5.78 Å². The molecule has 2 saturated carbocycles. The zero-order valence-corrected chi connectivity index (χ0v) is 11.5. The second kappa shape index (κ2) is 6.35. The van der Waals surface area contributed by atoms with Crippen molar-refractivity contribution in [1.82, 2.24) is 4.90 Å². The van der Waals surface area contributed by atoms with Crippen LogP contribution in [0.3, 0.4) is 0 Å². The van der Waals surface area contributed by atoms with E-state index in [1.165, 1.54) is 25.7 Å². The first kappa shape index (κ1) is 13.6. The lowest BCUT2D eigenvalue weighted by Crippen LogP contribution is -2.36. The van der Waals surface area contributed by atoms with Gasteiger partial charge in [0.25, 0.3) is 0 Å². The molecule has 0 aromatic carbocycles. The average molecular weight is 251 g/mol. The summed E-state index contributed by atoms with van der Waals surface area (Å²) >= 11 is 0. The molecule has 0 aromatic heterocycles. The molecule has 0 aliphatic heterocycles. The molecule has 0 saturated heterocycles. The number of rotatable bonds is 4. The summed E-state index contributed by atoms with van der Waals surface area (Å²) in [6.07, 6.45) is 9.34. The van der Waals surface area contributed by atoms with Gasteiger partial charge in [-0.25, -0.2) is 0 Å². The maximum Gasteiger partial charge on any atom is 0.225 e. The first-order valence-corrected chi connectivity index (χ1v) is 7.43. The Morgan fingerprint density at radius 1 is 1.17 bits per heavy atom. The number of carbonyl (C=O) groups excluding carboxylic acids is 2. The molecule has 2 aliphatic carbocycles. The van der Waals surface area contributed by atoms with Gasteiger partial charge in [0.05, 0.1) is 0 Å². The van der Waals surface area contributed by atoms with Crippen LogP contribution in [-0.4, -0.2) is 30.2 Å². The molecular weight excluding hydrogens is 226 g/mol. The van der Waals surface area contributed by atoms with Gasteiger partial charge in [-0.15, -0.1) is 0 Å². The summed E-state index contributed by atoms with van der Waals surface area (Å²) < 4.78 is 0. The Hall–Kier alpha value is -0.860. The van der Waals surface area contributed by atoms with Gasteiger partial charge >= 0.3 is 0 Å². The second-order valence-corrected chi connectivity index (χ2v) is 6.01. The summed E-state index contributed by atoms with van der Waals surface area (Å²) in [7, 11) is 1.92. The predicted octanol–water partition coefficient (Wildman–Crippen LogP) is 2.78. The molecule has 2 rings (SSSR count). The number of carbonyl (C=O) groups is 2. The second-order valence-electron chi connectivity index (χ2n) is 6.01. The number of hydrogen-bond acceptors (Lipinski definition) is 2. The fourth-order valence-electron chi connectivity index (χ4n) is 3.28. The van der Waals surface area contributed by atoms with Gasteiger partial charge in [-0.1, -0.05) is 25.7 Å². The monoisotopic (exact) mass is 251 g/mol. The molecule has 2 fully saturated rings. The molecule has 0 spiro atoms. The number of hydrogen-bond donors (Lipinski definition) is 0. The van der Waals surface area contributed by atoms with Crippen molar-refractivity contribution in [2.75, 3.05) is 13.6 Å². The highest BCUT2D eigenvalue weighted by molar-refractivity contribution is 5.84. The first-order chi connectivity index (χ1) is 8.66. The number of nitrogens with zero attached hydrogens (tertiary/aromatic N) is 1. The maximum absolute atomic E-state index is 12.2. The lowest BCUT2D eigenvalue weighted by Gasteiger charge is -2.26. The van der Waals surface area contributed by atoms with Gasteiger partial charge in [-0.05, 0) is 25.2 Å². The van der Waals surface area contributed by atoms with E-state index in [0.717, 1.165) is 31.7 Å². The molecular formula is C15H25NO2. The molecule has 0 aromatic rings. The van der Waals surface area contributed by atoms with E-state index in [4.69, 9.17) is 0 Å². The van der Waals surface area contributed by atoms with E-state index in [9.17, 15) is 9.59 Å². The summed E-state index contributed by atoms with van der Waals surface area (Å²) in [4.78, 5) is 25.3. The quantitative estimate of drug-likeness (QED) is 0.770. The fourth-order valence-corrected chi connectivity index (χ4v) is 3.28. The van der Waals surface area contributed by atoms with Gasteiger partial charge in [0.2, 0.25) is 5.91 Å². The normalized spacial score (nSPS) is 22.4. The highest BCUT2D eigenvalue weighted by Gasteiger charge is 2.27. The van der Waals surface area contributed by atoms with E-state index in [1.54, 1.807) is 0 Å². The van der Waals surface area contributed by atoms with Crippen LogP contribution < -0.4 is 0 Å².